The van der Waals surface area contributed by atoms with E-state index < -0.39 is 5.60 Å². The fourth-order valence-electron chi connectivity index (χ4n) is 6.21. The molecule has 1 unspecified atom stereocenters. The molecule has 202 valence electrons. The van der Waals surface area contributed by atoms with Crippen LogP contribution in [0.4, 0.5) is 17.1 Å². The molecule has 5 nitrogen and oxygen atoms in total. The van der Waals surface area contributed by atoms with Crippen LogP contribution >= 0.6 is 0 Å². The second-order valence-electron chi connectivity index (χ2n) is 10.7. The van der Waals surface area contributed by atoms with Crippen LogP contribution in [0.3, 0.4) is 0 Å². The number of anilines is 3. The smallest absolute Gasteiger partial charge is 0.340 e. The Labute approximate surface area is 240 Å². The quantitative estimate of drug-likeness (QED) is 0.228. The molecule has 41 heavy (non-hydrogen) atoms. The maximum Gasteiger partial charge on any atom is 0.340 e. The fraction of sp³-hybridized carbons (Fsp3) is 0.139. The maximum atomic E-state index is 13.2. The van der Waals surface area contributed by atoms with Gasteiger partial charge in [0.2, 0.25) is 0 Å². The fourth-order valence-corrected chi connectivity index (χ4v) is 6.21. The first-order chi connectivity index (χ1) is 20.0. The van der Waals surface area contributed by atoms with Crippen LogP contribution in [-0.4, -0.2) is 13.0 Å². The van der Waals surface area contributed by atoms with E-state index in [4.69, 9.17) is 9.47 Å². The number of carbonyl (C=O) groups is 1. The Morgan fingerprint density at radius 2 is 1.46 bits per heavy atom. The zero-order valence-electron chi connectivity index (χ0n) is 23.3. The molecule has 2 heterocycles. The summed E-state index contributed by atoms with van der Waals surface area (Å²) < 4.78 is 12.7. The van der Waals surface area contributed by atoms with E-state index in [2.05, 4.69) is 79.6 Å². The van der Waals surface area contributed by atoms with Crippen molar-refractivity contribution in [1.82, 2.24) is 0 Å². The molecular weight excluding hydrogens is 508 g/mol. The van der Waals surface area contributed by atoms with Crippen molar-refractivity contribution in [3.05, 3.63) is 148 Å². The highest BCUT2D eigenvalue weighted by molar-refractivity contribution is 5.97. The lowest BCUT2D eigenvalue weighted by Gasteiger charge is -2.37. The third-order valence-electron chi connectivity index (χ3n) is 8.31. The topological polar surface area (TPSA) is 50.8 Å². The Balaban J connectivity index is 1.32. The Kier molecular flexibility index (Phi) is 5.82. The van der Waals surface area contributed by atoms with Gasteiger partial charge in [-0.3, -0.25) is 0 Å². The Morgan fingerprint density at radius 3 is 2.29 bits per heavy atom. The molecule has 7 rings (SSSR count). The lowest BCUT2D eigenvalue weighted by Crippen LogP contribution is -2.33. The van der Waals surface area contributed by atoms with E-state index in [-0.39, 0.29) is 5.97 Å². The number of nitrogens with zero attached hydrogens (tertiary/aromatic N) is 1. The Morgan fingerprint density at radius 1 is 0.756 bits per heavy atom. The molecule has 0 fully saturated rings. The first kappa shape index (κ1) is 25.0. The summed E-state index contributed by atoms with van der Waals surface area (Å²) in [6.45, 7) is 5.03. The van der Waals surface area contributed by atoms with Gasteiger partial charge >= 0.3 is 5.97 Å². The first-order valence-electron chi connectivity index (χ1n) is 13.8. The van der Waals surface area contributed by atoms with E-state index in [1.165, 1.54) is 11.1 Å². The number of para-hydroxylation sites is 1. The van der Waals surface area contributed by atoms with E-state index in [0.717, 1.165) is 45.9 Å². The third-order valence-corrected chi connectivity index (χ3v) is 8.31. The lowest BCUT2D eigenvalue weighted by atomic mass is 9.77. The number of hydrogen-bond acceptors (Lipinski definition) is 5. The highest BCUT2D eigenvalue weighted by atomic mass is 16.6. The molecule has 0 bridgehead atoms. The van der Waals surface area contributed by atoms with Crippen LogP contribution < -0.4 is 15.0 Å². The number of hydrogen-bond donors (Lipinski definition) is 1. The molecule has 5 aromatic carbocycles. The minimum atomic E-state index is -1.08. The van der Waals surface area contributed by atoms with E-state index in [0.29, 0.717) is 17.1 Å². The van der Waals surface area contributed by atoms with Gasteiger partial charge in [0, 0.05) is 47.3 Å². The van der Waals surface area contributed by atoms with Crippen LogP contribution in [0.15, 0.2) is 109 Å². The molecule has 0 aliphatic carbocycles. The zero-order valence-corrected chi connectivity index (χ0v) is 23.3. The van der Waals surface area contributed by atoms with E-state index in [1.54, 1.807) is 0 Å². The van der Waals surface area contributed by atoms with Crippen molar-refractivity contribution in [3.8, 4) is 11.5 Å². The van der Waals surface area contributed by atoms with E-state index in [1.807, 2.05) is 60.7 Å². The van der Waals surface area contributed by atoms with Gasteiger partial charge in [-0.25, -0.2) is 4.79 Å². The number of carbonyl (C=O) groups excluding carboxylic acids is 1. The molecule has 1 atom stereocenters. The number of fused-ring (bicyclic) bond motifs is 6. The van der Waals surface area contributed by atoms with Crippen molar-refractivity contribution in [1.29, 1.82) is 0 Å². The van der Waals surface area contributed by atoms with Gasteiger partial charge in [0.25, 0.3) is 0 Å². The number of benzene rings is 5. The van der Waals surface area contributed by atoms with Gasteiger partial charge in [0.1, 0.15) is 11.5 Å². The second-order valence-corrected chi connectivity index (χ2v) is 10.7. The monoisotopic (exact) mass is 538 g/mol. The van der Waals surface area contributed by atoms with Crippen molar-refractivity contribution < 1.29 is 14.3 Å². The lowest BCUT2D eigenvalue weighted by molar-refractivity contribution is 0.0224. The van der Waals surface area contributed by atoms with E-state index >= 15 is 0 Å². The average molecular weight is 539 g/mol. The predicted octanol–water partition coefficient (Wildman–Crippen LogP) is 8.25. The van der Waals surface area contributed by atoms with Crippen molar-refractivity contribution in [2.75, 3.05) is 17.3 Å². The van der Waals surface area contributed by atoms with Crippen LogP contribution in [0.5, 0.6) is 11.5 Å². The molecular formula is C36H30N2O3. The predicted molar refractivity (Wildman–Crippen MR) is 162 cm³/mol. The number of rotatable bonds is 5. The molecule has 2 aliphatic heterocycles. The summed E-state index contributed by atoms with van der Waals surface area (Å²) >= 11 is 0. The van der Waals surface area contributed by atoms with Crippen molar-refractivity contribution in [3.63, 3.8) is 0 Å². The number of aryl methyl sites for hydroxylation is 1. The standard InChI is InChI=1S/C36H30N2O3/c1-23-17-19-31(24(2)34(23)37-22-25-11-5-4-6-12-25)38(3)26-18-20-33-30(21-26)36(29-15-9-10-16-32(29)40-33)28-14-8-7-13-27(28)35(39)41-36/h4-21,37H,22H2,1-3H3. The number of nitrogens with one attached hydrogen (secondary N) is 1. The molecule has 0 saturated carbocycles. The maximum absolute atomic E-state index is 13.2. The molecule has 5 heteroatoms. The zero-order chi connectivity index (χ0) is 28.1. The molecule has 1 spiro atoms. The van der Waals surface area contributed by atoms with Crippen molar-refractivity contribution >= 4 is 23.0 Å². The van der Waals surface area contributed by atoms with Gasteiger partial charge in [0.05, 0.1) is 5.56 Å². The van der Waals surface area contributed by atoms with Crippen LogP contribution in [-0.2, 0) is 16.9 Å². The molecule has 0 amide bonds. The van der Waals surface area contributed by atoms with Gasteiger partial charge in [-0.2, -0.15) is 0 Å². The summed E-state index contributed by atoms with van der Waals surface area (Å²) in [5.41, 5.74) is 8.73. The summed E-state index contributed by atoms with van der Waals surface area (Å²) in [4.78, 5) is 15.4. The molecule has 0 radical (unpaired) electrons. The largest absolute Gasteiger partial charge is 0.456 e. The van der Waals surface area contributed by atoms with Crippen LogP contribution in [0, 0.1) is 13.8 Å². The highest BCUT2D eigenvalue weighted by Gasteiger charge is 2.53. The van der Waals surface area contributed by atoms with E-state index in [9.17, 15) is 4.79 Å². The minimum Gasteiger partial charge on any atom is -0.456 e. The molecule has 5 aromatic rings. The van der Waals surface area contributed by atoms with Crippen LogP contribution in [0.2, 0.25) is 0 Å². The molecule has 1 N–H and O–H groups in total. The number of ether oxygens (including phenoxy) is 2. The van der Waals surface area contributed by atoms with Crippen molar-refractivity contribution in [2.45, 2.75) is 26.0 Å². The Hall–Kier alpha value is -5.03. The molecule has 2 aliphatic rings. The van der Waals surface area contributed by atoms with Crippen LogP contribution in [0.1, 0.15) is 43.7 Å². The van der Waals surface area contributed by atoms with Gasteiger partial charge < -0.3 is 19.7 Å². The Bertz CT molecular complexity index is 1810. The molecule has 0 saturated heterocycles. The van der Waals surface area contributed by atoms with Gasteiger partial charge in [-0.15, -0.1) is 0 Å². The summed E-state index contributed by atoms with van der Waals surface area (Å²) in [7, 11) is 2.07. The second kappa shape index (κ2) is 9.56. The van der Waals surface area contributed by atoms with Crippen LogP contribution in [0.25, 0.3) is 0 Å². The van der Waals surface area contributed by atoms with Gasteiger partial charge in [0.15, 0.2) is 5.60 Å². The summed E-state index contributed by atoms with van der Waals surface area (Å²) in [6, 6.07) is 36.3. The normalized spacial score (nSPS) is 16.3. The highest BCUT2D eigenvalue weighted by Crippen LogP contribution is 2.56. The summed E-state index contributed by atoms with van der Waals surface area (Å²) in [5.74, 6) is 1.04. The average Bonchev–Trinajstić information content (AvgIpc) is 3.30. The third kappa shape index (κ3) is 3.88. The van der Waals surface area contributed by atoms with Gasteiger partial charge in [-0.05, 0) is 66.9 Å². The minimum absolute atomic E-state index is 0.328. The molecule has 0 aromatic heterocycles. The van der Waals surface area contributed by atoms with Gasteiger partial charge in [-0.1, -0.05) is 72.8 Å². The summed E-state index contributed by atoms with van der Waals surface area (Å²) in [6.07, 6.45) is 0. The first-order valence-corrected chi connectivity index (χ1v) is 13.8. The van der Waals surface area contributed by atoms with Crippen molar-refractivity contribution in [2.24, 2.45) is 0 Å². The SMILES string of the molecule is Cc1ccc(N(C)c2ccc3c(c2)C2(OC(=O)c4ccccc42)c2ccccc2O3)c(C)c1NCc1ccccc1. The number of esters is 1. The summed E-state index contributed by atoms with van der Waals surface area (Å²) in [5, 5.41) is 3.66.